The number of carbonyl (C=O) groups excluding carboxylic acids is 1. The van der Waals surface area contributed by atoms with Crippen LogP contribution in [0.2, 0.25) is 0 Å². The Morgan fingerprint density at radius 1 is 1.14 bits per heavy atom. The van der Waals surface area contributed by atoms with Gasteiger partial charge in [-0.15, -0.1) is 5.10 Å². The van der Waals surface area contributed by atoms with Crippen LogP contribution in [0.25, 0.3) is 33.5 Å². The second-order valence-electron chi connectivity index (χ2n) is 9.78. The van der Waals surface area contributed by atoms with Crippen LogP contribution in [0.4, 0.5) is 0 Å². The standard InChI is InChI=1S/C27H29BrN6O3/c1-2-7-22(35)34(16-27(26(36)37)12-5-6-13-27)15-17-10-11-21-20(14-17)23(28)24(29-21)18-8-3-4-9-19(18)25-30-32-33-31-25/h3-4,8-11,14,29H,2,5-7,12-13,15-16H2,1H3,(H,36,37)(H,30,31,32,33). The van der Waals surface area contributed by atoms with E-state index in [-0.39, 0.29) is 12.5 Å². The van der Waals surface area contributed by atoms with Gasteiger partial charge in [-0.3, -0.25) is 9.59 Å². The summed E-state index contributed by atoms with van der Waals surface area (Å²) in [6.07, 6.45) is 4.14. The van der Waals surface area contributed by atoms with Crippen molar-refractivity contribution < 1.29 is 14.7 Å². The summed E-state index contributed by atoms with van der Waals surface area (Å²) in [5.41, 5.74) is 3.75. The lowest BCUT2D eigenvalue weighted by Gasteiger charge is -2.32. The van der Waals surface area contributed by atoms with E-state index in [2.05, 4.69) is 47.6 Å². The maximum Gasteiger partial charge on any atom is 0.311 e. The van der Waals surface area contributed by atoms with E-state index in [1.807, 2.05) is 43.3 Å². The number of fused-ring (bicyclic) bond motifs is 1. The number of aromatic nitrogens is 5. The van der Waals surface area contributed by atoms with E-state index in [4.69, 9.17) is 0 Å². The Labute approximate surface area is 222 Å². The first kappa shape index (κ1) is 25.1. The Hall–Kier alpha value is -3.53. The summed E-state index contributed by atoms with van der Waals surface area (Å²) in [5.74, 6) is -0.224. The van der Waals surface area contributed by atoms with Gasteiger partial charge in [-0.05, 0) is 63.3 Å². The first-order chi connectivity index (χ1) is 17.9. The molecule has 0 atom stereocenters. The van der Waals surface area contributed by atoms with Crippen LogP contribution < -0.4 is 0 Å². The first-order valence-electron chi connectivity index (χ1n) is 12.6. The zero-order valence-corrected chi connectivity index (χ0v) is 22.2. The average Bonchev–Trinajstić information content (AvgIpc) is 3.66. The molecule has 1 aliphatic rings. The molecule has 1 saturated carbocycles. The molecule has 2 heterocycles. The quantitative estimate of drug-likeness (QED) is 0.244. The lowest BCUT2D eigenvalue weighted by Crippen LogP contribution is -2.43. The molecule has 37 heavy (non-hydrogen) atoms. The molecule has 0 spiro atoms. The third-order valence-corrected chi connectivity index (χ3v) is 8.12. The highest BCUT2D eigenvalue weighted by Crippen LogP contribution is 2.41. The summed E-state index contributed by atoms with van der Waals surface area (Å²) in [4.78, 5) is 30.5. The SMILES string of the molecule is CCCC(=O)N(Cc1ccc2[nH]c(-c3ccccc3-c3nnn[nH]3)c(Br)c2c1)CC1(C(=O)O)CCCC1. The van der Waals surface area contributed by atoms with Crippen LogP contribution in [0.15, 0.2) is 46.9 Å². The number of rotatable bonds is 9. The average molecular weight is 565 g/mol. The Kier molecular flexibility index (Phi) is 7.10. The molecule has 1 fully saturated rings. The number of H-pyrrole nitrogens is 2. The Balaban J connectivity index is 1.48. The molecule has 0 unspecified atom stereocenters. The van der Waals surface area contributed by atoms with Crippen LogP contribution in [-0.4, -0.2) is 54.0 Å². The summed E-state index contributed by atoms with van der Waals surface area (Å²) in [7, 11) is 0. The van der Waals surface area contributed by atoms with Gasteiger partial charge in [-0.25, -0.2) is 5.10 Å². The summed E-state index contributed by atoms with van der Waals surface area (Å²) >= 11 is 3.79. The number of amides is 1. The summed E-state index contributed by atoms with van der Waals surface area (Å²) in [6, 6.07) is 13.9. The zero-order valence-electron chi connectivity index (χ0n) is 20.6. The summed E-state index contributed by atoms with van der Waals surface area (Å²) in [5, 5.41) is 25.3. The van der Waals surface area contributed by atoms with Gasteiger partial charge in [0.25, 0.3) is 0 Å². The molecule has 0 saturated heterocycles. The van der Waals surface area contributed by atoms with E-state index >= 15 is 0 Å². The van der Waals surface area contributed by atoms with Gasteiger partial charge in [0.1, 0.15) is 0 Å². The minimum atomic E-state index is -0.853. The van der Waals surface area contributed by atoms with Gasteiger partial charge in [-0.1, -0.05) is 50.1 Å². The van der Waals surface area contributed by atoms with E-state index < -0.39 is 11.4 Å². The van der Waals surface area contributed by atoms with Gasteiger partial charge < -0.3 is 15.0 Å². The van der Waals surface area contributed by atoms with Crippen LogP contribution in [0.1, 0.15) is 51.0 Å². The van der Waals surface area contributed by atoms with Crippen molar-refractivity contribution in [1.82, 2.24) is 30.5 Å². The van der Waals surface area contributed by atoms with E-state index in [1.165, 1.54) is 0 Å². The predicted molar refractivity (Wildman–Crippen MR) is 143 cm³/mol. The number of carboxylic acid groups (broad SMARTS) is 1. The number of nitrogens with one attached hydrogen (secondary N) is 2. The number of hydrogen-bond donors (Lipinski definition) is 3. The third-order valence-electron chi connectivity index (χ3n) is 7.29. The molecule has 2 aromatic carbocycles. The molecular weight excluding hydrogens is 536 g/mol. The number of hydrogen-bond acceptors (Lipinski definition) is 5. The molecule has 1 amide bonds. The van der Waals surface area contributed by atoms with Crippen molar-refractivity contribution in [1.29, 1.82) is 0 Å². The van der Waals surface area contributed by atoms with Crippen molar-refractivity contribution in [2.75, 3.05) is 6.54 Å². The molecule has 9 nitrogen and oxygen atoms in total. The van der Waals surface area contributed by atoms with Crippen molar-refractivity contribution in [2.45, 2.75) is 52.0 Å². The smallest absolute Gasteiger partial charge is 0.311 e. The fraction of sp³-hybridized carbons (Fsp3) is 0.370. The molecule has 2 aromatic heterocycles. The molecule has 10 heteroatoms. The van der Waals surface area contributed by atoms with Crippen LogP contribution in [0.3, 0.4) is 0 Å². The fourth-order valence-electron chi connectivity index (χ4n) is 5.35. The van der Waals surface area contributed by atoms with Gasteiger partial charge in [0, 0.05) is 41.5 Å². The number of halogens is 1. The fourth-order valence-corrected chi connectivity index (χ4v) is 5.99. The third kappa shape index (κ3) is 4.90. The van der Waals surface area contributed by atoms with Gasteiger partial charge in [0.05, 0.1) is 15.6 Å². The van der Waals surface area contributed by atoms with E-state index in [0.717, 1.165) is 57.0 Å². The molecule has 0 aliphatic heterocycles. The normalized spacial score (nSPS) is 14.8. The number of benzene rings is 2. The molecule has 192 valence electrons. The second-order valence-corrected chi connectivity index (χ2v) is 10.6. The Morgan fingerprint density at radius 3 is 2.57 bits per heavy atom. The topological polar surface area (TPSA) is 128 Å². The Bertz CT molecular complexity index is 1430. The number of carboxylic acids is 1. The lowest BCUT2D eigenvalue weighted by atomic mass is 9.85. The first-order valence-corrected chi connectivity index (χ1v) is 13.4. The van der Waals surface area contributed by atoms with Crippen molar-refractivity contribution >= 4 is 38.7 Å². The zero-order chi connectivity index (χ0) is 26.0. The minimum absolute atomic E-state index is 0.00135. The van der Waals surface area contributed by atoms with Crippen LogP contribution >= 0.6 is 15.9 Å². The largest absolute Gasteiger partial charge is 0.481 e. The molecule has 0 bridgehead atoms. The molecular formula is C27H29BrN6O3. The van der Waals surface area contributed by atoms with Gasteiger partial charge >= 0.3 is 5.97 Å². The highest BCUT2D eigenvalue weighted by molar-refractivity contribution is 9.10. The van der Waals surface area contributed by atoms with Crippen molar-refractivity contribution in [3.05, 3.63) is 52.5 Å². The maximum atomic E-state index is 13.1. The Morgan fingerprint density at radius 2 is 1.89 bits per heavy atom. The van der Waals surface area contributed by atoms with Gasteiger partial charge in [0.2, 0.25) is 5.91 Å². The summed E-state index contributed by atoms with van der Waals surface area (Å²) in [6.45, 7) is 2.59. The lowest BCUT2D eigenvalue weighted by molar-refractivity contribution is -0.151. The van der Waals surface area contributed by atoms with Crippen LogP contribution in [0, 0.1) is 5.41 Å². The molecule has 3 N–H and O–H groups in total. The van der Waals surface area contributed by atoms with Crippen LogP contribution in [-0.2, 0) is 16.1 Å². The highest BCUT2D eigenvalue weighted by Gasteiger charge is 2.43. The molecule has 4 aromatic rings. The van der Waals surface area contributed by atoms with Gasteiger partial charge in [0.15, 0.2) is 5.82 Å². The van der Waals surface area contributed by atoms with E-state index in [9.17, 15) is 14.7 Å². The molecule has 5 rings (SSSR count). The monoisotopic (exact) mass is 564 g/mol. The van der Waals surface area contributed by atoms with Crippen molar-refractivity contribution in [2.24, 2.45) is 5.41 Å². The predicted octanol–water partition coefficient (Wildman–Crippen LogP) is 5.55. The minimum Gasteiger partial charge on any atom is -0.481 e. The number of tetrazole rings is 1. The summed E-state index contributed by atoms with van der Waals surface area (Å²) < 4.78 is 0.897. The number of aliphatic carboxylic acids is 1. The van der Waals surface area contributed by atoms with Gasteiger partial charge in [-0.2, -0.15) is 0 Å². The molecule has 0 radical (unpaired) electrons. The van der Waals surface area contributed by atoms with E-state index in [1.54, 1.807) is 4.90 Å². The maximum absolute atomic E-state index is 13.1. The second kappa shape index (κ2) is 10.5. The van der Waals surface area contributed by atoms with Crippen molar-refractivity contribution in [3.63, 3.8) is 0 Å². The van der Waals surface area contributed by atoms with Crippen LogP contribution in [0.5, 0.6) is 0 Å². The number of aromatic amines is 2. The van der Waals surface area contributed by atoms with E-state index in [0.29, 0.717) is 31.6 Å². The number of carbonyl (C=O) groups is 2. The van der Waals surface area contributed by atoms with Crippen molar-refractivity contribution in [3.8, 4) is 22.6 Å². The molecule has 1 aliphatic carbocycles. The number of nitrogens with zero attached hydrogens (tertiary/aromatic N) is 4. The highest BCUT2D eigenvalue weighted by atomic mass is 79.9.